The summed E-state index contributed by atoms with van der Waals surface area (Å²) in [7, 11) is 2.22. The zero-order valence-corrected chi connectivity index (χ0v) is 7.77. The fourth-order valence-corrected chi connectivity index (χ4v) is 1.48. The van der Waals surface area contributed by atoms with Gasteiger partial charge in [-0.1, -0.05) is 0 Å². The molecule has 0 aromatic rings. The van der Waals surface area contributed by atoms with Crippen LogP contribution in [-0.2, 0) is 0 Å². The van der Waals surface area contributed by atoms with Gasteiger partial charge < -0.3 is 10.2 Å². The molecule has 0 spiro atoms. The van der Waals surface area contributed by atoms with Crippen LogP contribution in [0.15, 0.2) is 0 Å². The lowest BCUT2D eigenvalue weighted by Gasteiger charge is -2.16. The maximum Gasteiger partial charge on any atom is 0.00508 e. The Balaban J connectivity index is 2.25. The van der Waals surface area contributed by atoms with Gasteiger partial charge in [-0.2, -0.15) is 0 Å². The monoisotopic (exact) mass is 156 g/mol. The van der Waals surface area contributed by atoms with Crippen molar-refractivity contribution in [3.63, 3.8) is 0 Å². The second-order valence-corrected chi connectivity index (χ2v) is 3.65. The van der Waals surface area contributed by atoms with Crippen molar-refractivity contribution >= 4 is 0 Å². The molecule has 1 rings (SSSR count). The highest BCUT2D eigenvalue weighted by Crippen LogP contribution is 2.00. The van der Waals surface area contributed by atoms with Crippen LogP contribution in [0.2, 0.25) is 0 Å². The maximum absolute atomic E-state index is 3.52. The molecular weight excluding hydrogens is 136 g/mol. The Kier molecular flexibility index (Phi) is 3.87. The molecule has 2 nitrogen and oxygen atoms in total. The first-order chi connectivity index (χ1) is 5.29. The lowest BCUT2D eigenvalue weighted by atomic mass is 10.2. The first-order valence-corrected chi connectivity index (χ1v) is 4.71. The molecule has 1 atom stereocenters. The molecule has 0 amide bonds. The Morgan fingerprint density at radius 2 is 2.09 bits per heavy atom. The van der Waals surface area contributed by atoms with Gasteiger partial charge in [0.1, 0.15) is 0 Å². The van der Waals surface area contributed by atoms with Crippen molar-refractivity contribution in [2.24, 2.45) is 0 Å². The van der Waals surface area contributed by atoms with E-state index in [4.69, 9.17) is 0 Å². The summed E-state index contributed by atoms with van der Waals surface area (Å²) in [6.45, 7) is 6.00. The highest BCUT2D eigenvalue weighted by atomic mass is 15.1. The van der Waals surface area contributed by atoms with Crippen LogP contribution in [0.3, 0.4) is 0 Å². The van der Waals surface area contributed by atoms with Crippen molar-refractivity contribution in [2.45, 2.75) is 32.2 Å². The topological polar surface area (TPSA) is 15.3 Å². The van der Waals surface area contributed by atoms with Crippen LogP contribution in [0.1, 0.15) is 26.2 Å². The number of nitrogens with zero attached hydrogens (tertiary/aromatic N) is 1. The van der Waals surface area contributed by atoms with E-state index in [1.54, 1.807) is 0 Å². The second-order valence-electron chi connectivity index (χ2n) is 3.65. The molecule has 0 aliphatic carbocycles. The standard InChI is InChI=1S/C9H20N2/c1-9-5-8-11(2)7-4-3-6-10-9/h9-10H,3-8H2,1-2H3/t9-/m0/s1. The minimum Gasteiger partial charge on any atom is -0.314 e. The minimum absolute atomic E-state index is 0.704. The van der Waals surface area contributed by atoms with Gasteiger partial charge in [0.2, 0.25) is 0 Å². The number of hydrogen-bond donors (Lipinski definition) is 1. The second kappa shape index (κ2) is 4.73. The van der Waals surface area contributed by atoms with E-state index in [-0.39, 0.29) is 0 Å². The van der Waals surface area contributed by atoms with Crippen LogP contribution in [0.5, 0.6) is 0 Å². The Labute approximate surface area is 70.0 Å². The van der Waals surface area contributed by atoms with Crippen LogP contribution in [0.4, 0.5) is 0 Å². The smallest absolute Gasteiger partial charge is 0.00508 e. The van der Waals surface area contributed by atoms with Crippen molar-refractivity contribution in [3.8, 4) is 0 Å². The quantitative estimate of drug-likeness (QED) is 0.564. The molecule has 0 radical (unpaired) electrons. The Morgan fingerprint density at radius 3 is 2.91 bits per heavy atom. The third kappa shape index (κ3) is 3.73. The molecule has 2 heteroatoms. The van der Waals surface area contributed by atoms with Crippen LogP contribution in [0, 0.1) is 0 Å². The highest BCUT2D eigenvalue weighted by Gasteiger charge is 2.06. The lowest BCUT2D eigenvalue weighted by molar-refractivity contribution is 0.320. The molecule has 66 valence electrons. The molecule has 0 bridgehead atoms. The van der Waals surface area contributed by atoms with E-state index in [0.29, 0.717) is 6.04 Å². The first kappa shape index (κ1) is 9.01. The number of nitrogens with one attached hydrogen (secondary N) is 1. The predicted octanol–water partition coefficient (Wildman–Crippen LogP) is 1.08. The molecule has 0 aromatic carbocycles. The highest BCUT2D eigenvalue weighted by molar-refractivity contribution is 4.66. The molecule has 1 aliphatic heterocycles. The molecular formula is C9H20N2. The minimum atomic E-state index is 0.704. The normalized spacial score (nSPS) is 30.5. The fourth-order valence-electron chi connectivity index (χ4n) is 1.48. The zero-order valence-electron chi connectivity index (χ0n) is 7.77. The average Bonchev–Trinajstić information content (AvgIpc) is 2.06. The predicted molar refractivity (Wildman–Crippen MR) is 48.8 cm³/mol. The van der Waals surface area contributed by atoms with Crippen LogP contribution >= 0.6 is 0 Å². The van der Waals surface area contributed by atoms with Crippen molar-refractivity contribution in [2.75, 3.05) is 26.7 Å². The number of rotatable bonds is 0. The Bertz CT molecular complexity index is 91.7. The third-order valence-corrected chi connectivity index (χ3v) is 2.40. The van der Waals surface area contributed by atoms with Gasteiger partial charge in [0.05, 0.1) is 0 Å². The van der Waals surface area contributed by atoms with Gasteiger partial charge in [-0.05, 0) is 52.9 Å². The van der Waals surface area contributed by atoms with E-state index in [0.717, 1.165) is 0 Å². The molecule has 1 fully saturated rings. The van der Waals surface area contributed by atoms with Gasteiger partial charge in [-0.3, -0.25) is 0 Å². The zero-order chi connectivity index (χ0) is 8.10. The van der Waals surface area contributed by atoms with Gasteiger partial charge in [-0.15, -0.1) is 0 Å². The van der Waals surface area contributed by atoms with Crippen molar-refractivity contribution in [1.82, 2.24) is 10.2 Å². The summed E-state index contributed by atoms with van der Waals surface area (Å²) in [5.41, 5.74) is 0. The molecule has 1 aliphatic rings. The molecule has 0 saturated carbocycles. The van der Waals surface area contributed by atoms with Crippen LogP contribution < -0.4 is 5.32 Å². The van der Waals surface area contributed by atoms with Gasteiger partial charge in [0, 0.05) is 6.04 Å². The van der Waals surface area contributed by atoms with Crippen LogP contribution in [0.25, 0.3) is 0 Å². The Morgan fingerprint density at radius 1 is 1.27 bits per heavy atom. The van der Waals surface area contributed by atoms with Gasteiger partial charge >= 0.3 is 0 Å². The average molecular weight is 156 g/mol. The summed E-state index contributed by atoms with van der Waals surface area (Å²) >= 11 is 0. The van der Waals surface area contributed by atoms with E-state index in [1.165, 1.54) is 38.9 Å². The lowest BCUT2D eigenvalue weighted by Crippen LogP contribution is -2.29. The molecule has 1 N–H and O–H groups in total. The van der Waals surface area contributed by atoms with E-state index in [9.17, 15) is 0 Å². The summed E-state index contributed by atoms with van der Waals surface area (Å²) in [6.07, 6.45) is 3.96. The molecule has 0 unspecified atom stereocenters. The largest absolute Gasteiger partial charge is 0.314 e. The van der Waals surface area contributed by atoms with E-state index >= 15 is 0 Å². The van der Waals surface area contributed by atoms with E-state index < -0.39 is 0 Å². The summed E-state index contributed by atoms with van der Waals surface area (Å²) in [5.74, 6) is 0. The van der Waals surface area contributed by atoms with E-state index in [2.05, 4.69) is 24.2 Å². The Hall–Kier alpha value is -0.0800. The summed E-state index contributed by atoms with van der Waals surface area (Å²) < 4.78 is 0. The third-order valence-electron chi connectivity index (χ3n) is 2.40. The SMILES string of the molecule is C[C@H]1CCN(C)CCCCN1. The van der Waals surface area contributed by atoms with Crippen molar-refractivity contribution in [3.05, 3.63) is 0 Å². The maximum atomic E-state index is 3.52. The summed E-state index contributed by atoms with van der Waals surface area (Å²) in [4.78, 5) is 2.43. The van der Waals surface area contributed by atoms with E-state index in [1.807, 2.05) is 0 Å². The molecule has 1 heterocycles. The van der Waals surface area contributed by atoms with Crippen molar-refractivity contribution in [1.29, 1.82) is 0 Å². The van der Waals surface area contributed by atoms with Gasteiger partial charge in [0.25, 0.3) is 0 Å². The van der Waals surface area contributed by atoms with Crippen LogP contribution in [-0.4, -0.2) is 37.6 Å². The first-order valence-electron chi connectivity index (χ1n) is 4.71. The van der Waals surface area contributed by atoms with Gasteiger partial charge in [-0.25, -0.2) is 0 Å². The number of hydrogen-bond acceptors (Lipinski definition) is 2. The summed E-state index contributed by atoms with van der Waals surface area (Å²) in [6, 6.07) is 0.704. The molecule has 1 saturated heterocycles. The van der Waals surface area contributed by atoms with Gasteiger partial charge in [0.15, 0.2) is 0 Å². The fraction of sp³-hybridized carbons (Fsp3) is 1.00. The molecule has 11 heavy (non-hydrogen) atoms. The summed E-state index contributed by atoms with van der Waals surface area (Å²) in [5, 5.41) is 3.52. The van der Waals surface area contributed by atoms with Crippen molar-refractivity contribution < 1.29 is 0 Å². The molecule has 0 aromatic heterocycles.